The Balaban J connectivity index is 1.21. The topological polar surface area (TPSA) is 9.86 Å². The van der Waals surface area contributed by atoms with Crippen molar-refractivity contribution < 1.29 is 0 Å². The predicted octanol–water partition coefficient (Wildman–Crippen LogP) is 14.0. The highest BCUT2D eigenvalue weighted by molar-refractivity contribution is 7.38. The molecule has 11 rings (SSSR count). The molecule has 2 nitrogen and oxygen atoms in total. The molecule has 0 spiro atoms. The first-order valence-electron chi connectivity index (χ1n) is 16.2. The molecular formula is C42H28N2S4. The van der Waals surface area contributed by atoms with E-state index in [0.717, 1.165) is 0 Å². The van der Waals surface area contributed by atoms with Crippen molar-refractivity contribution in [2.45, 2.75) is 27.7 Å². The lowest BCUT2D eigenvalue weighted by Crippen LogP contribution is -1.93. The Morgan fingerprint density at radius 3 is 1.17 bits per heavy atom. The van der Waals surface area contributed by atoms with Crippen LogP contribution >= 0.6 is 45.3 Å². The Morgan fingerprint density at radius 1 is 0.354 bits per heavy atom. The standard InChI is InChI=1S/C42H28N2S4/c1-21-5-11-25(12-6-21)43-31-17-23(3)9-15-27(31)37-35(43)41-39(47-37)29-19-34-30(20-33(29)45-41)40-42(46-34)36-38(48-40)28-16-10-24(4)18-32(28)44(36)26-13-7-22(2)8-14-26/h5-20H,1-4H3. The summed E-state index contributed by atoms with van der Waals surface area (Å²) >= 11 is 7.87. The number of aromatic nitrogens is 2. The molecule has 0 atom stereocenters. The van der Waals surface area contributed by atoms with Crippen LogP contribution in [-0.2, 0) is 0 Å². The average Bonchev–Trinajstić information content (AvgIpc) is 3.89. The first-order chi connectivity index (χ1) is 23.4. The second-order valence-electron chi connectivity index (χ2n) is 13.3. The third-order valence-electron chi connectivity index (χ3n) is 9.99. The highest BCUT2D eigenvalue weighted by Gasteiger charge is 2.24. The minimum Gasteiger partial charge on any atom is -0.307 e. The minimum absolute atomic E-state index is 1.23. The smallest absolute Gasteiger partial charge is 0.0829 e. The maximum absolute atomic E-state index is 2.51. The fourth-order valence-electron chi connectivity index (χ4n) is 7.64. The SMILES string of the molecule is Cc1ccc(-n2c3cc(C)ccc3c3sc4c5cc6sc7c(sc8c9ccc(C)cc9n(-c9ccc(C)cc9)c87)c6cc5sc4c32)cc1. The van der Waals surface area contributed by atoms with Gasteiger partial charge in [0.15, 0.2) is 0 Å². The summed E-state index contributed by atoms with van der Waals surface area (Å²) in [5, 5.41) is 5.47. The van der Waals surface area contributed by atoms with Gasteiger partial charge in [-0.05, 0) is 87.4 Å². The van der Waals surface area contributed by atoms with Gasteiger partial charge in [0.25, 0.3) is 0 Å². The first kappa shape index (κ1) is 27.5. The molecule has 0 aliphatic heterocycles. The van der Waals surface area contributed by atoms with Gasteiger partial charge in [0.2, 0.25) is 0 Å². The Labute approximate surface area is 292 Å². The molecule has 0 bridgehead atoms. The third-order valence-corrected chi connectivity index (χ3v) is 15.1. The van der Waals surface area contributed by atoms with Crippen molar-refractivity contribution in [2.24, 2.45) is 0 Å². The summed E-state index contributed by atoms with van der Waals surface area (Å²) in [4.78, 5) is 0. The van der Waals surface area contributed by atoms with Crippen molar-refractivity contribution in [3.8, 4) is 11.4 Å². The Hall–Kier alpha value is -4.46. The largest absolute Gasteiger partial charge is 0.307 e. The van der Waals surface area contributed by atoms with E-state index < -0.39 is 0 Å². The van der Waals surface area contributed by atoms with Gasteiger partial charge in [0.1, 0.15) is 0 Å². The van der Waals surface area contributed by atoms with E-state index in [0.29, 0.717) is 0 Å². The maximum Gasteiger partial charge on any atom is 0.0829 e. The van der Waals surface area contributed by atoms with E-state index >= 15 is 0 Å². The Kier molecular flexibility index (Phi) is 5.49. The molecule has 0 N–H and O–H groups in total. The number of benzene rings is 5. The molecule has 0 unspecified atom stereocenters. The van der Waals surface area contributed by atoms with Crippen molar-refractivity contribution in [3.05, 3.63) is 119 Å². The predicted molar refractivity (Wildman–Crippen MR) is 216 cm³/mol. The first-order valence-corrected chi connectivity index (χ1v) is 19.5. The van der Waals surface area contributed by atoms with Crippen LogP contribution in [0.4, 0.5) is 0 Å². The molecule has 6 heteroatoms. The zero-order chi connectivity index (χ0) is 32.0. The number of thiophene rings is 4. The molecule has 6 aromatic heterocycles. The lowest BCUT2D eigenvalue weighted by atomic mass is 10.2. The molecule has 11 aromatic rings. The molecule has 0 radical (unpaired) electrons. The van der Waals surface area contributed by atoms with E-state index in [2.05, 4.69) is 134 Å². The summed E-state index contributed by atoms with van der Waals surface area (Å²) in [5.41, 5.74) is 12.9. The Morgan fingerprint density at radius 2 is 0.750 bits per heavy atom. The molecular weight excluding hydrogens is 661 g/mol. The van der Waals surface area contributed by atoms with Gasteiger partial charge in [-0.15, -0.1) is 45.3 Å². The molecule has 0 amide bonds. The highest BCUT2D eigenvalue weighted by Crippen LogP contribution is 2.53. The number of nitrogens with zero attached hydrogens (tertiary/aromatic N) is 2. The number of fused-ring (bicyclic) bond motifs is 14. The van der Waals surface area contributed by atoms with Gasteiger partial charge >= 0.3 is 0 Å². The Bertz CT molecular complexity index is 2920. The van der Waals surface area contributed by atoms with Crippen molar-refractivity contribution in [3.63, 3.8) is 0 Å². The van der Waals surface area contributed by atoms with Crippen LogP contribution in [0.1, 0.15) is 22.3 Å². The fourth-order valence-corrected chi connectivity index (χ4v) is 13.2. The van der Waals surface area contributed by atoms with Crippen LogP contribution in [0.5, 0.6) is 0 Å². The van der Waals surface area contributed by atoms with Gasteiger partial charge in [0, 0.05) is 42.3 Å². The van der Waals surface area contributed by atoms with Crippen molar-refractivity contribution in [1.82, 2.24) is 9.13 Å². The fraction of sp³-hybridized carbons (Fsp3) is 0.0952. The van der Waals surface area contributed by atoms with Crippen LogP contribution in [0.15, 0.2) is 97.1 Å². The number of hydrogen-bond acceptors (Lipinski definition) is 4. The lowest BCUT2D eigenvalue weighted by Gasteiger charge is -2.08. The van der Waals surface area contributed by atoms with E-state index in [1.807, 2.05) is 45.3 Å². The van der Waals surface area contributed by atoms with Gasteiger partial charge in [-0.1, -0.05) is 59.7 Å². The summed E-state index contributed by atoms with van der Waals surface area (Å²) in [6.07, 6.45) is 0. The van der Waals surface area contributed by atoms with E-state index in [4.69, 9.17) is 0 Å². The highest BCUT2D eigenvalue weighted by atomic mass is 32.1. The van der Waals surface area contributed by atoms with Crippen LogP contribution < -0.4 is 0 Å². The maximum atomic E-state index is 2.51. The van der Waals surface area contributed by atoms with Crippen molar-refractivity contribution >= 4 is 127 Å². The summed E-state index contributed by atoms with van der Waals surface area (Å²) in [6, 6.07) is 36.9. The van der Waals surface area contributed by atoms with Crippen LogP contribution in [0.2, 0.25) is 0 Å². The molecule has 0 fully saturated rings. The van der Waals surface area contributed by atoms with Gasteiger partial charge in [-0.25, -0.2) is 0 Å². The molecule has 0 aliphatic carbocycles. The van der Waals surface area contributed by atoms with E-state index in [9.17, 15) is 0 Å². The zero-order valence-corrected chi connectivity index (χ0v) is 30.0. The monoisotopic (exact) mass is 688 g/mol. The summed E-state index contributed by atoms with van der Waals surface area (Å²) in [5.74, 6) is 0. The van der Waals surface area contributed by atoms with Crippen molar-refractivity contribution in [2.75, 3.05) is 0 Å². The normalized spacial score (nSPS) is 12.6. The lowest BCUT2D eigenvalue weighted by molar-refractivity contribution is 1.18. The number of aryl methyl sites for hydroxylation is 4. The second-order valence-corrected chi connectivity index (χ2v) is 17.5. The van der Waals surface area contributed by atoms with Crippen molar-refractivity contribution in [1.29, 1.82) is 0 Å². The molecule has 5 aromatic carbocycles. The molecule has 6 heterocycles. The van der Waals surface area contributed by atoms with Gasteiger partial charge in [-0.2, -0.15) is 0 Å². The van der Waals surface area contributed by atoms with E-state index in [1.165, 1.54) is 115 Å². The minimum atomic E-state index is 1.23. The van der Waals surface area contributed by atoms with Gasteiger partial charge in [0.05, 0.1) is 50.3 Å². The van der Waals surface area contributed by atoms with Crippen LogP contribution in [0.3, 0.4) is 0 Å². The number of rotatable bonds is 2. The third kappa shape index (κ3) is 3.61. The molecule has 0 saturated heterocycles. The van der Waals surface area contributed by atoms with Crippen LogP contribution in [0, 0.1) is 27.7 Å². The summed E-state index contributed by atoms with van der Waals surface area (Å²) < 4.78 is 16.2. The molecule has 0 aliphatic rings. The molecule has 48 heavy (non-hydrogen) atoms. The zero-order valence-electron chi connectivity index (χ0n) is 26.8. The quantitative estimate of drug-likeness (QED) is 0.171. The van der Waals surface area contributed by atoms with Gasteiger partial charge in [-0.3, -0.25) is 0 Å². The molecule has 230 valence electrons. The number of hydrogen-bond donors (Lipinski definition) is 0. The molecule has 0 saturated carbocycles. The van der Waals surface area contributed by atoms with Crippen LogP contribution in [-0.4, -0.2) is 9.13 Å². The van der Waals surface area contributed by atoms with Gasteiger partial charge < -0.3 is 9.13 Å². The average molecular weight is 689 g/mol. The second kappa shape index (κ2) is 9.58. The van der Waals surface area contributed by atoms with Crippen LogP contribution in [0.25, 0.3) is 92.6 Å². The van der Waals surface area contributed by atoms with E-state index in [1.54, 1.807) is 0 Å². The van der Waals surface area contributed by atoms with E-state index in [-0.39, 0.29) is 0 Å². The summed E-state index contributed by atoms with van der Waals surface area (Å²) in [6.45, 7) is 8.72. The summed E-state index contributed by atoms with van der Waals surface area (Å²) in [7, 11) is 0.